The predicted octanol–water partition coefficient (Wildman–Crippen LogP) is 3.85. The lowest BCUT2D eigenvalue weighted by molar-refractivity contribution is -0.428. The molecule has 0 aliphatic carbocycles. The third-order valence-electron chi connectivity index (χ3n) is 5.91. The molecule has 4 amide bonds. The zero-order chi connectivity index (χ0) is 25.4. The SMILES string of the molecule is COc1ccc(CN2C(=O)C3Oc4ccccc4C3=[N+](CC(=O)Nc3ccc(Cl)cc3F)C2=O)cc1. The van der Waals surface area contributed by atoms with E-state index in [4.69, 9.17) is 21.1 Å². The van der Waals surface area contributed by atoms with Gasteiger partial charge in [0.15, 0.2) is 12.3 Å². The van der Waals surface area contributed by atoms with Gasteiger partial charge in [-0.25, -0.2) is 9.18 Å². The molecule has 0 radical (unpaired) electrons. The summed E-state index contributed by atoms with van der Waals surface area (Å²) in [6.07, 6.45) is -1.10. The third kappa shape index (κ3) is 4.29. The molecule has 0 fully saturated rings. The zero-order valence-electron chi connectivity index (χ0n) is 19.0. The molecule has 8 nitrogen and oxygen atoms in total. The molecule has 0 saturated carbocycles. The first-order valence-corrected chi connectivity index (χ1v) is 11.4. The molecular formula is C26H20ClFN3O5+. The molecule has 0 bridgehead atoms. The summed E-state index contributed by atoms with van der Waals surface area (Å²) in [5.41, 5.74) is 1.42. The molecule has 5 rings (SSSR count). The first kappa shape index (κ1) is 23.5. The zero-order valence-corrected chi connectivity index (χ0v) is 19.8. The fourth-order valence-corrected chi connectivity index (χ4v) is 4.34. The third-order valence-corrected chi connectivity index (χ3v) is 6.14. The van der Waals surface area contributed by atoms with Gasteiger partial charge in [0.05, 0.1) is 18.4 Å². The number of benzene rings is 3. The minimum atomic E-state index is -1.10. The number of ether oxygens (including phenoxy) is 2. The first-order chi connectivity index (χ1) is 17.4. The molecule has 2 aliphatic rings. The molecule has 2 heterocycles. The topological polar surface area (TPSA) is 87.9 Å². The van der Waals surface area contributed by atoms with Gasteiger partial charge in [-0.05, 0) is 48.0 Å². The van der Waals surface area contributed by atoms with Gasteiger partial charge in [0.1, 0.15) is 23.9 Å². The van der Waals surface area contributed by atoms with Crippen LogP contribution in [0.4, 0.5) is 14.9 Å². The number of carbonyl (C=O) groups is 3. The van der Waals surface area contributed by atoms with E-state index >= 15 is 0 Å². The molecule has 3 aromatic carbocycles. The van der Waals surface area contributed by atoms with E-state index in [2.05, 4.69) is 5.32 Å². The Morgan fingerprint density at radius 2 is 1.89 bits per heavy atom. The number of hydrogen-bond donors (Lipinski definition) is 1. The van der Waals surface area contributed by atoms with E-state index < -0.39 is 36.3 Å². The second-order valence-electron chi connectivity index (χ2n) is 8.19. The average Bonchev–Trinajstić information content (AvgIpc) is 3.26. The lowest BCUT2D eigenvalue weighted by atomic mass is 10.0. The van der Waals surface area contributed by atoms with E-state index in [9.17, 15) is 18.8 Å². The van der Waals surface area contributed by atoms with Crippen LogP contribution in [0, 0.1) is 5.82 Å². The summed E-state index contributed by atoms with van der Waals surface area (Å²) in [7, 11) is 1.54. The van der Waals surface area contributed by atoms with E-state index in [1.807, 2.05) is 0 Å². The fraction of sp³-hybridized carbons (Fsp3) is 0.154. The number of nitrogens with one attached hydrogen (secondary N) is 1. The largest absolute Gasteiger partial charge is 0.501 e. The Labute approximate surface area is 210 Å². The lowest BCUT2D eigenvalue weighted by Crippen LogP contribution is -2.58. The Kier molecular flexibility index (Phi) is 6.15. The summed E-state index contributed by atoms with van der Waals surface area (Å²) < 4.78 is 26.5. The Hall–Kier alpha value is -4.24. The van der Waals surface area contributed by atoms with Crippen molar-refractivity contribution in [2.45, 2.75) is 12.6 Å². The summed E-state index contributed by atoms with van der Waals surface area (Å²) in [5, 5.41) is 2.64. The molecule has 2 aliphatic heterocycles. The van der Waals surface area contributed by atoms with Gasteiger partial charge in [-0.1, -0.05) is 35.9 Å². The minimum Gasteiger partial charge on any atom is -0.497 e. The average molecular weight is 509 g/mol. The second-order valence-corrected chi connectivity index (χ2v) is 8.63. The van der Waals surface area contributed by atoms with Crippen LogP contribution < -0.4 is 14.8 Å². The number of fused-ring (bicyclic) bond motifs is 3. The van der Waals surface area contributed by atoms with Crippen molar-refractivity contribution in [3.05, 3.63) is 88.7 Å². The van der Waals surface area contributed by atoms with Gasteiger partial charge < -0.3 is 14.8 Å². The van der Waals surface area contributed by atoms with E-state index in [0.29, 0.717) is 22.6 Å². The number of amides is 4. The van der Waals surface area contributed by atoms with Gasteiger partial charge in [-0.3, -0.25) is 4.79 Å². The van der Waals surface area contributed by atoms with Crippen molar-refractivity contribution in [3.63, 3.8) is 0 Å². The summed E-state index contributed by atoms with van der Waals surface area (Å²) in [5.74, 6) is -0.842. The van der Waals surface area contributed by atoms with Crippen molar-refractivity contribution < 1.29 is 32.8 Å². The number of rotatable bonds is 6. The number of carbonyl (C=O) groups excluding carboxylic acids is 3. The number of hydrogen-bond acceptors (Lipinski definition) is 5. The molecule has 36 heavy (non-hydrogen) atoms. The van der Waals surface area contributed by atoms with Crippen molar-refractivity contribution in [2.24, 2.45) is 0 Å². The monoisotopic (exact) mass is 508 g/mol. The van der Waals surface area contributed by atoms with Crippen LogP contribution in [0.25, 0.3) is 0 Å². The molecule has 0 spiro atoms. The maximum absolute atomic E-state index is 14.2. The van der Waals surface area contributed by atoms with Crippen LogP contribution in [0.15, 0.2) is 66.7 Å². The molecule has 182 valence electrons. The van der Waals surface area contributed by atoms with E-state index in [1.165, 1.54) is 23.8 Å². The summed E-state index contributed by atoms with van der Waals surface area (Å²) >= 11 is 5.78. The number of halogens is 2. The van der Waals surface area contributed by atoms with E-state index in [-0.39, 0.29) is 23.0 Å². The molecule has 0 saturated heterocycles. The highest BCUT2D eigenvalue weighted by Gasteiger charge is 2.54. The molecule has 1 atom stereocenters. The number of methoxy groups -OCH3 is 1. The number of nitrogens with zero attached hydrogens (tertiary/aromatic N) is 2. The van der Waals surface area contributed by atoms with Crippen LogP contribution in [0.5, 0.6) is 11.5 Å². The Balaban J connectivity index is 1.49. The molecule has 10 heteroatoms. The first-order valence-electron chi connectivity index (χ1n) is 11.0. The van der Waals surface area contributed by atoms with Crippen molar-refractivity contribution in [1.29, 1.82) is 0 Å². The van der Waals surface area contributed by atoms with Crippen molar-refractivity contribution >= 4 is 40.8 Å². The van der Waals surface area contributed by atoms with Crippen LogP contribution >= 0.6 is 11.6 Å². The van der Waals surface area contributed by atoms with Gasteiger partial charge in [-0.15, -0.1) is 0 Å². The number of urea groups is 1. The van der Waals surface area contributed by atoms with E-state index in [1.54, 1.807) is 48.5 Å². The maximum Gasteiger partial charge on any atom is 0.501 e. The van der Waals surface area contributed by atoms with Gasteiger partial charge in [0.25, 0.3) is 12.0 Å². The number of para-hydroxylation sites is 1. The highest BCUT2D eigenvalue weighted by Crippen LogP contribution is 2.32. The molecular weight excluding hydrogens is 489 g/mol. The molecule has 3 aromatic rings. The van der Waals surface area contributed by atoms with Gasteiger partial charge >= 0.3 is 11.9 Å². The maximum atomic E-state index is 14.2. The lowest BCUT2D eigenvalue weighted by Gasteiger charge is -2.24. The number of imide groups is 1. The summed E-state index contributed by atoms with van der Waals surface area (Å²) in [6, 6.07) is 17.0. The van der Waals surface area contributed by atoms with Crippen LogP contribution in [0.2, 0.25) is 5.02 Å². The normalized spacial score (nSPS) is 16.4. The Morgan fingerprint density at radius 1 is 1.14 bits per heavy atom. The van der Waals surface area contributed by atoms with Gasteiger partial charge in [-0.2, -0.15) is 14.3 Å². The van der Waals surface area contributed by atoms with Gasteiger partial charge in [0, 0.05) is 5.02 Å². The molecule has 0 aromatic heterocycles. The van der Waals surface area contributed by atoms with Crippen LogP contribution in [0.3, 0.4) is 0 Å². The summed E-state index contributed by atoms with van der Waals surface area (Å²) in [6.45, 7) is -0.494. The smallest absolute Gasteiger partial charge is 0.497 e. The Bertz CT molecular complexity index is 1420. The van der Waals surface area contributed by atoms with Gasteiger partial charge in [0.2, 0.25) is 0 Å². The quantitative estimate of drug-likeness (QED) is 0.511. The standard InChI is InChI=1S/C26H19ClFN3O5/c1-35-17-9-6-15(7-10-17)13-31-25(33)24-23(18-4-2-3-5-21(18)36-24)30(26(31)34)14-22(32)29-20-11-8-16(27)12-19(20)28/h2-12,24H,13-14H2,1H3/p+1. The second kappa shape index (κ2) is 9.43. The summed E-state index contributed by atoms with van der Waals surface area (Å²) in [4.78, 5) is 40.9. The van der Waals surface area contributed by atoms with Crippen molar-refractivity contribution in [2.75, 3.05) is 19.0 Å². The van der Waals surface area contributed by atoms with E-state index in [0.717, 1.165) is 11.0 Å². The van der Waals surface area contributed by atoms with Crippen LogP contribution in [-0.4, -0.2) is 52.8 Å². The highest BCUT2D eigenvalue weighted by molar-refractivity contribution is 6.30. The van der Waals surface area contributed by atoms with Crippen molar-refractivity contribution in [1.82, 2.24) is 4.90 Å². The van der Waals surface area contributed by atoms with Crippen LogP contribution in [0.1, 0.15) is 11.1 Å². The van der Waals surface area contributed by atoms with Crippen LogP contribution in [-0.2, 0) is 16.1 Å². The predicted molar refractivity (Wildman–Crippen MR) is 129 cm³/mol. The fourth-order valence-electron chi connectivity index (χ4n) is 4.18. The van der Waals surface area contributed by atoms with Crippen molar-refractivity contribution in [3.8, 4) is 11.5 Å². The minimum absolute atomic E-state index is 0.0327. The number of anilines is 1. The molecule has 1 N–H and O–H groups in total. The molecule has 1 unspecified atom stereocenters. The highest BCUT2D eigenvalue weighted by atomic mass is 35.5. The Morgan fingerprint density at radius 3 is 2.61 bits per heavy atom.